The van der Waals surface area contributed by atoms with E-state index in [0.29, 0.717) is 11.5 Å². The fraction of sp³-hybridized carbons (Fsp3) is 0.357. The van der Waals surface area contributed by atoms with Crippen LogP contribution in [0.4, 0.5) is 13.2 Å². The molecule has 0 fully saturated rings. The molecule has 5 heteroatoms. The highest BCUT2D eigenvalue weighted by Gasteiger charge is 2.37. The van der Waals surface area contributed by atoms with Crippen LogP contribution >= 0.6 is 0 Å². The molecule has 0 aliphatic carbocycles. The lowest BCUT2D eigenvalue weighted by molar-refractivity contribution is -0.140. The summed E-state index contributed by atoms with van der Waals surface area (Å²) >= 11 is 0. The molecule has 0 unspecified atom stereocenters. The predicted octanol–water partition coefficient (Wildman–Crippen LogP) is 4.23. The second-order valence-corrected chi connectivity index (χ2v) is 4.84. The molecular weight excluding hydrogens is 253 g/mol. The standard InChI is InChI=1S/C14H15F3N2/c1-9(2)10-4-6-11(7-5-10)12-8-19(3)18-13(12)14(15,16)17/h4-9H,1-3H3. The highest BCUT2D eigenvalue weighted by atomic mass is 19.4. The van der Waals surface area contributed by atoms with Gasteiger partial charge in [0.15, 0.2) is 5.69 Å². The van der Waals surface area contributed by atoms with Crippen LogP contribution in [-0.4, -0.2) is 9.78 Å². The number of nitrogens with zero attached hydrogens (tertiary/aromatic N) is 2. The van der Waals surface area contributed by atoms with Crippen LogP contribution in [0.25, 0.3) is 11.1 Å². The summed E-state index contributed by atoms with van der Waals surface area (Å²) in [7, 11) is 1.49. The van der Waals surface area contributed by atoms with Crippen LogP contribution in [0.1, 0.15) is 31.0 Å². The molecule has 2 rings (SSSR count). The molecule has 0 amide bonds. The summed E-state index contributed by atoms with van der Waals surface area (Å²) in [6.45, 7) is 4.08. The van der Waals surface area contributed by atoms with Gasteiger partial charge in [0.2, 0.25) is 0 Å². The molecule has 0 atom stereocenters. The van der Waals surface area contributed by atoms with Gasteiger partial charge in [-0.05, 0) is 17.0 Å². The molecule has 102 valence electrons. The van der Waals surface area contributed by atoms with Gasteiger partial charge in [-0.3, -0.25) is 4.68 Å². The molecule has 2 aromatic rings. The van der Waals surface area contributed by atoms with Crippen LogP contribution < -0.4 is 0 Å². The zero-order valence-corrected chi connectivity index (χ0v) is 11.0. The molecule has 0 saturated carbocycles. The van der Waals surface area contributed by atoms with E-state index < -0.39 is 11.9 Å². The van der Waals surface area contributed by atoms with E-state index in [1.165, 1.54) is 17.9 Å². The van der Waals surface area contributed by atoms with Crippen LogP contribution in [0.15, 0.2) is 30.5 Å². The third-order valence-electron chi connectivity index (χ3n) is 2.99. The number of hydrogen-bond acceptors (Lipinski definition) is 1. The van der Waals surface area contributed by atoms with Gasteiger partial charge in [0.1, 0.15) is 0 Å². The third-order valence-corrected chi connectivity index (χ3v) is 2.99. The van der Waals surface area contributed by atoms with Crippen LogP contribution in [0.5, 0.6) is 0 Å². The average Bonchev–Trinajstić information content (AvgIpc) is 2.71. The van der Waals surface area contributed by atoms with Gasteiger partial charge in [-0.2, -0.15) is 18.3 Å². The number of aromatic nitrogens is 2. The predicted molar refractivity (Wildman–Crippen MR) is 67.7 cm³/mol. The fourth-order valence-electron chi connectivity index (χ4n) is 1.96. The van der Waals surface area contributed by atoms with Crippen LogP contribution in [0, 0.1) is 0 Å². The molecule has 19 heavy (non-hydrogen) atoms. The number of rotatable bonds is 2. The first-order chi connectivity index (χ1) is 8.79. The largest absolute Gasteiger partial charge is 0.435 e. The number of aryl methyl sites for hydroxylation is 1. The van der Waals surface area contributed by atoms with Crippen LogP contribution in [-0.2, 0) is 13.2 Å². The summed E-state index contributed by atoms with van der Waals surface area (Å²) in [5.41, 5.74) is 0.906. The summed E-state index contributed by atoms with van der Waals surface area (Å²) in [5.74, 6) is 0.352. The van der Waals surface area contributed by atoms with E-state index >= 15 is 0 Å². The van der Waals surface area contributed by atoms with Gasteiger partial charge in [-0.25, -0.2) is 0 Å². The monoisotopic (exact) mass is 268 g/mol. The smallest absolute Gasteiger partial charge is 0.275 e. The van der Waals surface area contributed by atoms with Crippen molar-refractivity contribution in [2.24, 2.45) is 7.05 Å². The minimum atomic E-state index is -4.44. The van der Waals surface area contributed by atoms with Crippen molar-refractivity contribution in [3.8, 4) is 11.1 Å². The lowest BCUT2D eigenvalue weighted by Gasteiger charge is -2.08. The first-order valence-electron chi connectivity index (χ1n) is 6.00. The molecule has 1 aromatic carbocycles. The van der Waals surface area contributed by atoms with Crippen LogP contribution in [0.2, 0.25) is 0 Å². The molecule has 0 radical (unpaired) electrons. The first-order valence-corrected chi connectivity index (χ1v) is 6.00. The highest BCUT2D eigenvalue weighted by molar-refractivity contribution is 5.66. The second-order valence-electron chi connectivity index (χ2n) is 4.84. The van der Waals surface area contributed by atoms with Gasteiger partial charge in [-0.1, -0.05) is 38.1 Å². The van der Waals surface area contributed by atoms with Gasteiger partial charge in [0, 0.05) is 18.8 Å². The van der Waals surface area contributed by atoms with Crippen molar-refractivity contribution in [2.45, 2.75) is 25.9 Å². The van der Waals surface area contributed by atoms with E-state index in [1.807, 2.05) is 26.0 Å². The number of halogens is 3. The summed E-state index contributed by atoms with van der Waals surface area (Å²) in [4.78, 5) is 0. The van der Waals surface area contributed by atoms with E-state index in [9.17, 15) is 13.2 Å². The van der Waals surface area contributed by atoms with E-state index in [-0.39, 0.29) is 5.56 Å². The van der Waals surface area contributed by atoms with Gasteiger partial charge < -0.3 is 0 Å². The number of alkyl halides is 3. The van der Waals surface area contributed by atoms with E-state index in [1.54, 1.807) is 12.1 Å². The molecule has 2 nitrogen and oxygen atoms in total. The Morgan fingerprint density at radius 1 is 1.11 bits per heavy atom. The first kappa shape index (κ1) is 13.6. The molecule has 1 aromatic heterocycles. The van der Waals surface area contributed by atoms with Crippen molar-refractivity contribution in [1.29, 1.82) is 0 Å². The lowest BCUT2D eigenvalue weighted by Crippen LogP contribution is -2.08. The SMILES string of the molecule is CC(C)c1ccc(-c2cn(C)nc2C(F)(F)F)cc1. The Bertz CT molecular complexity index is 565. The van der Waals surface area contributed by atoms with Crippen molar-refractivity contribution in [3.05, 3.63) is 41.7 Å². The maximum absolute atomic E-state index is 12.9. The Kier molecular flexibility index (Phi) is 3.39. The maximum atomic E-state index is 12.9. The third kappa shape index (κ3) is 2.80. The van der Waals surface area contributed by atoms with E-state index in [4.69, 9.17) is 0 Å². The van der Waals surface area contributed by atoms with Crippen LogP contribution in [0.3, 0.4) is 0 Å². The zero-order valence-electron chi connectivity index (χ0n) is 11.0. The number of hydrogen-bond donors (Lipinski definition) is 0. The van der Waals surface area contributed by atoms with Gasteiger partial charge in [0.05, 0.1) is 0 Å². The van der Waals surface area contributed by atoms with Gasteiger partial charge in [0.25, 0.3) is 0 Å². The van der Waals surface area contributed by atoms with Crippen molar-refractivity contribution in [3.63, 3.8) is 0 Å². The minimum absolute atomic E-state index is 0.116. The molecule has 0 aliphatic rings. The van der Waals surface area contributed by atoms with Crippen molar-refractivity contribution in [1.82, 2.24) is 9.78 Å². The molecule has 0 N–H and O–H groups in total. The van der Waals surface area contributed by atoms with Gasteiger partial charge >= 0.3 is 6.18 Å². The molecule has 0 bridgehead atoms. The Morgan fingerprint density at radius 3 is 2.16 bits per heavy atom. The normalized spacial score (nSPS) is 12.2. The fourth-order valence-corrected chi connectivity index (χ4v) is 1.96. The summed E-state index contributed by atoms with van der Waals surface area (Å²) in [6, 6.07) is 7.13. The summed E-state index contributed by atoms with van der Waals surface area (Å²) in [6.07, 6.45) is -3.04. The summed E-state index contributed by atoms with van der Waals surface area (Å²) in [5, 5.41) is 3.51. The second kappa shape index (κ2) is 4.72. The molecular formula is C14H15F3N2. The quantitative estimate of drug-likeness (QED) is 0.797. The Labute approximate surface area is 109 Å². The van der Waals surface area contributed by atoms with E-state index in [0.717, 1.165) is 5.56 Å². The van der Waals surface area contributed by atoms with Crippen molar-refractivity contribution in [2.75, 3.05) is 0 Å². The summed E-state index contributed by atoms with van der Waals surface area (Å²) < 4.78 is 39.8. The van der Waals surface area contributed by atoms with Crippen molar-refractivity contribution < 1.29 is 13.2 Å². The Morgan fingerprint density at radius 2 is 1.68 bits per heavy atom. The molecule has 1 heterocycles. The molecule has 0 spiro atoms. The number of benzene rings is 1. The molecule has 0 aliphatic heterocycles. The Balaban J connectivity index is 2.47. The topological polar surface area (TPSA) is 17.8 Å². The minimum Gasteiger partial charge on any atom is -0.275 e. The molecule has 0 saturated heterocycles. The highest BCUT2D eigenvalue weighted by Crippen LogP contribution is 2.36. The Hall–Kier alpha value is -1.78. The van der Waals surface area contributed by atoms with E-state index in [2.05, 4.69) is 5.10 Å². The zero-order chi connectivity index (χ0) is 14.2. The lowest BCUT2D eigenvalue weighted by atomic mass is 9.99. The average molecular weight is 268 g/mol. The maximum Gasteiger partial charge on any atom is 0.435 e. The van der Waals surface area contributed by atoms with Crippen molar-refractivity contribution >= 4 is 0 Å². The van der Waals surface area contributed by atoms with Gasteiger partial charge in [-0.15, -0.1) is 0 Å².